The molecule has 0 N–H and O–H groups in total. The summed E-state index contributed by atoms with van der Waals surface area (Å²) in [6, 6.07) is 0. The number of rotatable bonds is 1. The predicted octanol–water partition coefficient (Wildman–Crippen LogP) is -0.906. The molecule has 1 aliphatic rings. The number of carbonyl (C=O) groups excluding carboxylic acids is 1. The molecule has 1 aliphatic heterocycles. The summed E-state index contributed by atoms with van der Waals surface area (Å²) in [6.07, 6.45) is 0.659. The van der Waals surface area contributed by atoms with Crippen molar-refractivity contribution < 1.29 is 19.2 Å². The minimum Gasteiger partial charge on any atom is -0.869 e. The van der Waals surface area contributed by atoms with Crippen molar-refractivity contribution in [2.75, 3.05) is 13.2 Å². The summed E-state index contributed by atoms with van der Waals surface area (Å²) in [5, 5.41) is 10.3. The Labute approximate surface area is 58.0 Å². The lowest BCUT2D eigenvalue weighted by atomic mass is 10.6. The van der Waals surface area contributed by atoms with Gasteiger partial charge >= 0.3 is 6.09 Å². The quantitative estimate of drug-likeness (QED) is 0.351. The first-order chi connectivity index (χ1) is 4.70. The molecule has 1 rings (SSSR count). The largest absolute Gasteiger partial charge is 0.869 e. The Hall–Kier alpha value is -1.32. The van der Waals surface area contributed by atoms with E-state index in [0.717, 1.165) is 6.21 Å². The maximum Gasteiger partial charge on any atom is 0.596 e. The second kappa shape index (κ2) is 2.51. The van der Waals surface area contributed by atoms with Crippen LogP contribution in [-0.4, -0.2) is 30.0 Å². The van der Waals surface area contributed by atoms with Crippen molar-refractivity contribution in [3.63, 3.8) is 0 Å². The van der Waals surface area contributed by atoms with E-state index in [1.54, 1.807) is 0 Å². The topological polar surface area (TPSA) is 52.4 Å². The molecule has 1 heterocycles. The molecule has 0 unspecified atom stereocenters. The summed E-state index contributed by atoms with van der Waals surface area (Å²) in [6.45, 7) is 3.89. The molecule has 0 aromatic carbocycles. The van der Waals surface area contributed by atoms with E-state index >= 15 is 0 Å². The fourth-order valence-electron chi connectivity index (χ4n) is 0.697. The maximum atomic E-state index is 10.6. The summed E-state index contributed by atoms with van der Waals surface area (Å²) < 4.78 is 5.75. The fraction of sp³-hybridized carbons (Fsp3) is 0.333. The zero-order chi connectivity index (χ0) is 7.56. The smallest absolute Gasteiger partial charge is 0.596 e. The van der Waals surface area contributed by atoms with Crippen molar-refractivity contribution in [2.24, 2.45) is 0 Å². The summed E-state index contributed by atoms with van der Waals surface area (Å²) in [7, 11) is 0. The van der Waals surface area contributed by atoms with Gasteiger partial charge in [0.1, 0.15) is 0 Å². The highest BCUT2D eigenvalue weighted by atomic mass is 16.6. The standard InChI is InChI=1S/C6H7NO3/c1-5(8)4-7-2-3-10-6(7)9/h4H,1-3H2/b7-4-. The molecule has 0 spiro atoms. The minimum absolute atomic E-state index is 0.350. The highest BCUT2D eigenvalue weighted by Crippen LogP contribution is 1.94. The number of allylic oxidation sites excluding steroid dienone is 1. The monoisotopic (exact) mass is 141 g/mol. The van der Waals surface area contributed by atoms with Crippen LogP contribution in [0, 0.1) is 0 Å². The Kier molecular flexibility index (Phi) is 1.71. The van der Waals surface area contributed by atoms with E-state index in [1.807, 2.05) is 0 Å². The van der Waals surface area contributed by atoms with Crippen LogP contribution < -0.4 is 5.11 Å². The third kappa shape index (κ3) is 1.34. The molecule has 54 valence electrons. The Morgan fingerprint density at radius 2 is 2.60 bits per heavy atom. The van der Waals surface area contributed by atoms with Crippen LogP contribution in [0.2, 0.25) is 0 Å². The molecule has 0 aromatic heterocycles. The maximum absolute atomic E-state index is 10.6. The normalized spacial score (nSPS) is 21.2. The Morgan fingerprint density at radius 1 is 1.90 bits per heavy atom. The molecule has 0 radical (unpaired) electrons. The molecule has 0 atom stereocenters. The predicted molar refractivity (Wildman–Crippen MR) is 31.7 cm³/mol. The van der Waals surface area contributed by atoms with Crippen LogP contribution in [0.5, 0.6) is 0 Å². The Bertz CT molecular complexity index is 207. The Balaban J connectivity index is 2.72. The minimum atomic E-state index is -0.475. The van der Waals surface area contributed by atoms with E-state index in [0.29, 0.717) is 13.2 Å². The van der Waals surface area contributed by atoms with Crippen molar-refractivity contribution >= 4 is 12.3 Å². The van der Waals surface area contributed by atoms with Crippen LogP contribution in [0.25, 0.3) is 0 Å². The first-order valence-electron chi connectivity index (χ1n) is 2.84. The number of hydrogen-bond acceptors (Lipinski definition) is 3. The van der Waals surface area contributed by atoms with Gasteiger partial charge in [0.05, 0.1) is 0 Å². The average Bonchev–Trinajstić information content (AvgIpc) is 2.15. The van der Waals surface area contributed by atoms with E-state index in [4.69, 9.17) is 0 Å². The van der Waals surface area contributed by atoms with Gasteiger partial charge in [-0.3, -0.25) is 0 Å². The number of amides is 1. The summed E-state index contributed by atoms with van der Waals surface area (Å²) in [5.41, 5.74) is 0. The lowest BCUT2D eigenvalue weighted by Crippen LogP contribution is -2.18. The first-order valence-corrected chi connectivity index (χ1v) is 2.84. The highest BCUT2D eigenvalue weighted by Gasteiger charge is 2.26. The molecule has 1 fully saturated rings. The van der Waals surface area contributed by atoms with E-state index in [9.17, 15) is 9.90 Å². The molecular formula is C6H7NO3. The SMILES string of the molecule is C=C([O-])/C=[N+]1/CCOC1=O. The molecule has 1 amide bonds. The van der Waals surface area contributed by atoms with Gasteiger partial charge in [-0.05, 0) is 5.76 Å². The van der Waals surface area contributed by atoms with Gasteiger partial charge in [0, 0.05) is 0 Å². The third-order valence-corrected chi connectivity index (χ3v) is 1.09. The van der Waals surface area contributed by atoms with Gasteiger partial charge in [0.25, 0.3) is 0 Å². The van der Waals surface area contributed by atoms with Gasteiger partial charge in [-0.1, -0.05) is 0 Å². The summed E-state index contributed by atoms with van der Waals surface area (Å²) in [5.74, 6) is -0.390. The van der Waals surface area contributed by atoms with Crippen LogP contribution in [0.15, 0.2) is 12.3 Å². The molecule has 1 saturated heterocycles. The van der Waals surface area contributed by atoms with Crippen LogP contribution >= 0.6 is 0 Å². The van der Waals surface area contributed by atoms with Crippen molar-refractivity contribution in [2.45, 2.75) is 0 Å². The summed E-state index contributed by atoms with van der Waals surface area (Å²) >= 11 is 0. The van der Waals surface area contributed by atoms with Crippen LogP contribution in [-0.2, 0) is 4.74 Å². The lowest BCUT2D eigenvalue weighted by Gasteiger charge is -1.95. The van der Waals surface area contributed by atoms with Gasteiger partial charge in [-0.15, -0.1) is 11.2 Å². The van der Waals surface area contributed by atoms with E-state index < -0.39 is 6.09 Å². The molecular weight excluding hydrogens is 134 g/mol. The van der Waals surface area contributed by atoms with Crippen molar-refractivity contribution in [3.05, 3.63) is 12.3 Å². The molecule has 0 aromatic rings. The Morgan fingerprint density at radius 3 is 3.00 bits per heavy atom. The van der Waals surface area contributed by atoms with Gasteiger partial charge < -0.3 is 9.84 Å². The van der Waals surface area contributed by atoms with Gasteiger partial charge in [0.15, 0.2) is 19.4 Å². The van der Waals surface area contributed by atoms with E-state index in [1.165, 1.54) is 4.58 Å². The van der Waals surface area contributed by atoms with E-state index in [-0.39, 0.29) is 5.76 Å². The first kappa shape index (κ1) is 6.80. The zero-order valence-electron chi connectivity index (χ0n) is 5.37. The van der Waals surface area contributed by atoms with Crippen molar-refractivity contribution in [1.29, 1.82) is 0 Å². The van der Waals surface area contributed by atoms with Crippen molar-refractivity contribution in [1.82, 2.24) is 0 Å². The number of carbonyl (C=O) groups is 1. The molecule has 4 nitrogen and oxygen atoms in total. The molecule has 0 aliphatic carbocycles. The van der Waals surface area contributed by atoms with Gasteiger partial charge in [0.2, 0.25) is 0 Å². The second-order valence-electron chi connectivity index (χ2n) is 1.90. The van der Waals surface area contributed by atoms with Crippen LogP contribution in [0.4, 0.5) is 4.79 Å². The number of ether oxygens (including phenoxy) is 1. The molecule has 0 bridgehead atoms. The van der Waals surface area contributed by atoms with Crippen LogP contribution in [0.1, 0.15) is 0 Å². The number of hydrogen-bond donors (Lipinski definition) is 0. The molecule has 4 heteroatoms. The molecule has 10 heavy (non-hydrogen) atoms. The van der Waals surface area contributed by atoms with Crippen LogP contribution in [0.3, 0.4) is 0 Å². The molecule has 0 saturated carbocycles. The highest BCUT2D eigenvalue weighted by molar-refractivity contribution is 5.75. The second-order valence-corrected chi connectivity index (χ2v) is 1.90. The third-order valence-electron chi connectivity index (χ3n) is 1.09. The van der Waals surface area contributed by atoms with Gasteiger partial charge in [-0.2, -0.15) is 4.79 Å². The lowest BCUT2D eigenvalue weighted by molar-refractivity contribution is -0.415. The zero-order valence-corrected chi connectivity index (χ0v) is 5.37. The summed E-state index contributed by atoms with van der Waals surface area (Å²) in [4.78, 5) is 10.6. The van der Waals surface area contributed by atoms with Crippen molar-refractivity contribution in [3.8, 4) is 0 Å². The fourth-order valence-corrected chi connectivity index (χ4v) is 0.697. The average molecular weight is 141 g/mol. The van der Waals surface area contributed by atoms with Gasteiger partial charge in [-0.25, -0.2) is 0 Å². The van der Waals surface area contributed by atoms with E-state index in [2.05, 4.69) is 11.3 Å². The number of nitrogens with zero attached hydrogens (tertiary/aromatic N) is 1. The number of cyclic esters (lactones) is 1.